The minimum absolute atomic E-state index is 0. The van der Waals surface area contributed by atoms with Crippen LogP contribution in [0.25, 0.3) is 0 Å². The van der Waals surface area contributed by atoms with E-state index in [0.717, 1.165) is 6.04 Å². The normalized spacial score (nSPS) is 29.5. The van der Waals surface area contributed by atoms with E-state index in [1.165, 1.54) is 45.4 Å². The van der Waals surface area contributed by atoms with Gasteiger partial charge >= 0.3 is 0 Å². The fourth-order valence-corrected chi connectivity index (χ4v) is 2.06. The van der Waals surface area contributed by atoms with Gasteiger partial charge in [-0.1, -0.05) is 0 Å². The van der Waals surface area contributed by atoms with Crippen molar-refractivity contribution in [1.29, 1.82) is 0 Å². The highest BCUT2D eigenvalue weighted by Crippen LogP contribution is 2.15. The summed E-state index contributed by atoms with van der Waals surface area (Å²) in [7, 11) is 0. The van der Waals surface area contributed by atoms with Crippen LogP contribution in [-0.4, -0.2) is 37.1 Å². The van der Waals surface area contributed by atoms with E-state index in [9.17, 15) is 0 Å². The molecule has 0 radical (unpaired) electrons. The molecule has 0 aliphatic carbocycles. The lowest BCUT2D eigenvalue weighted by Gasteiger charge is -2.21. The molecule has 4 heteroatoms. The molecule has 74 valence electrons. The minimum atomic E-state index is 0. The molecule has 0 aromatic rings. The first-order chi connectivity index (χ1) is 4.97. The van der Waals surface area contributed by atoms with Crippen molar-refractivity contribution in [2.24, 2.45) is 0 Å². The molecule has 0 aromatic heterocycles. The molecule has 0 amide bonds. The molecule has 2 aliphatic heterocycles. The molecule has 1 atom stereocenters. The highest BCUT2D eigenvalue weighted by molar-refractivity contribution is 5.85. The highest BCUT2D eigenvalue weighted by atomic mass is 35.5. The molecule has 2 heterocycles. The van der Waals surface area contributed by atoms with Gasteiger partial charge in [-0.25, -0.2) is 0 Å². The molecular weight excluding hydrogens is 195 g/mol. The summed E-state index contributed by atoms with van der Waals surface area (Å²) < 4.78 is 0. The van der Waals surface area contributed by atoms with Gasteiger partial charge in [0.1, 0.15) is 0 Å². The van der Waals surface area contributed by atoms with Crippen LogP contribution in [0.2, 0.25) is 0 Å². The van der Waals surface area contributed by atoms with Crippen molar-refractivity contribution in [3.8, 4) is 0 Å². The standard InChI is InChI=1S/C8H16N2.2ClH/c1-2-6-10(5-1)8-3-4-9-7-8;;/h8-9H,1-7H2;2*1H/t8-;;/m1../s1. The predicted octanol–water partition coefficient (Wildman–Crippen LogP) is 1.29. The number of hydrogen-bond acceptors (Lipinski definition) is 2. The molecule has 2 nitrogen and oxygen atoms in total. The molecule has 0 saturated carbocycles. The average molecular weight is 213 g/mol. The van der Waals surface area contributed by atoms with Gasteiger partial charge in [-0.05, 0) is 38.9 Å². The zero-order chi connectivity index (χ0) is 6.81. The summed E-state index contributed by atoms with van der Waals surface area (Å²) >= 11 is 0. The molecule has 12 heavy (non-hydrogen) atoms. The summed E-state index contributed by atoms with van der Waals surface area (Å²) in [5, 5.41) is 3.41. The van der Waals surface area contributed by atoms with Crippen molar-refractivity contribution in [3.05, 3.63) is 0 Å². The number of halogens is 2. The van der Waals surface area contributed by atoms with E-state index in [0.29, 0.717) is 0 Å². The number of nitrogens with zero attached hydrogens (tertiary/aromatic N) is 1. The number of hydrogen-bond donors (Lipinski definition) is 1. The van der Waals surface area contributed by atoms with Crippen LogP contribution in [0.4, 0.5) is 0 Å². The van der Waals surface area contributed by atoms with Crippen LogP contribution in [0.1, 0.15) is 19.3 Å². The quantitative estimate of drug-likeness (QED) is 0.706. The molecular formula is C8H18Cl2N2. The summed E-state index contributed by atoms with van der Waals surface area (Å²) in [5.74, 6) is 0. The van der Waals surface area contributed by atoms with E-state index >= 15 is 0 Å². The van der Waals surface area contributed by atoms with Crippen molar-refractivity contribution in [2.75, 3.05) is 26.2 Å². The first-order valence-corrected chi connectivity index (χ1v) is 4.41. The Kier molecular flexibility index (Phi) is 6.28. The molecule has 0 spiro atoms. The van der Waals surface area contributed by atoms with Crippen LogP contribution >= 0.6 is 24.8 Å². The Morgan fingerprint density at radius 2 is 1.75 bits per heavy atom. The van der Waals surface area contributed by atoms with E-state index in [4.69, 9.17) is 0 Å². The Hall–Kier alpha value is 0.500. The summed E-state index contributed by atoms with van der Waals surface area (Å²) in [6, 6.07) is 0.877. The molecule has 2 aliphatic rings. The monoisotopic (exact) mass is 212 g/mol. The maximum absolute atomic E-state index is 3.41. The number of nitrogens with one attached hydrogen (secondary N) is 1. The second-order valence-electron chi connectivity index (χ2n) is 3.39. The Morgan fingerprint density at radius 3 is 2.25 bits per heavy atom. The Balaban J connectivity index is 0.000000605. The zero-order valence-corrected chi connectivity index (χ0v) is 8.92. The summed E-state index contributed by atoms with van der Waals surface area (Å²) in [6.45, 7) is 5.18. The van der Waals surface area contributed by atoms with Gasteiger partial charge in [0.15, 0.2) is 0 Å². The van der Waals surface area contributed by atoms with E-state index in [2.05, 4.69) is 10.2 Å². The average Bonchev–Trinajstić information content (AvgIpc) is 2.59. The molecule has 0 unspecified atom stereocenters. The molecule has 0 bridgehead atoms. The van der Waals surface area contributed by atoms with Crippen LogP contribution in [0.15, 0.2) is 0 Å². The minimum Gasteiger partial charge on any atom is -0.315 e. The SMILES string of the molecule is C1CCN([C@@H]2CCNC2)C1.Cl.Cl. The molecule has 1 N–H and O–H groups in total. The molecule has 0 aromatic carbocycles. The van der Waals surface area contributed by atoms with Crippen molar-refractivity contribution >= 4 is 24.8 Å². The van der Waals surface area contributed by atoms with Gasteiger partial charge in [0.05, 0.1) is 0 Å². The second-order valence-corrected chi connectivity index (χ2v) is 3.39. The predicted molar refractivity (Wildman–Crippen MR) is 56.6 cm³/mol. The fraction of sp³-hybridized carbons (Fsp3) is 1.00. The van der Waals surface area contributed by atoms with Gasteiger partial charge in [-0.3, -0.25) is 4.90 Å². The molecule has 2 saturated heterocycles. The van der Waals surface area contributed by atoms with Gasteiger partial charge < -0.3 is 5.32 Å². The van der Waals surface area contributed by atoms with E-state index < -0.39 is 0 Å². The van der Waals surface area contributed by atoms with Crippen LogP contribution in [0.3, 0.4) is 0 Å². The first kappa shape index (κ1) is 12.5. The third-order valence-electron chi connectivity index (χ3n) is 2.69. The topological polar surface area (TPSA) is 15.3 Å². The van der Waals surface area contributed by atoms with Crippen LogP contribution in [-0.2, 0) is 0 Å². The van der Waals surface area contributed by atoms with Crippen molar-refractivity contribution < 1.29 is 0 Å². The Morgan fingerprint density at radius 1 is 1.08 bits per heavy atom. The van der Waals surface area contributed by atoms with Crippen LogP contribution in [0.5, 0.6) is 0 Å². The van der Waals surface area contributed by atoms with Crippen molar-refractivity contribution in [3.63, 3.8) is 0 Å². The fourth-order valence-electron chi connectivity index (χ4n) is 2.06. The lowest BCUT2D eigenvalue weighted by molar-refractivity contribution is 0.258. The van der Waals surface area contributed by atoms with Gasteiger partial charge in [-0.2, -0.15) is 0 Å². The summed E-state index contributed by atoms with van der Waals surface area (Å²) in [4.78, 5) is 2.64. The number of likely N-dealkylation sites (tertiary alicyclic amines) is 1. The van der Waals surface area contributed by atoms with Gasteiger partial charge in [0, 0.05) is 12.6 Å². The highest BCUT2D eigenvalue weighted by Gasteiger charge is 2.23. The lowest BCUT2D eigenvalue weighted by Crippen LogP contribution is -2.34. The van der Waals surface area contributed by atoms with E-state index in [-0.39, 0.29) is 24.8 Å². The number of rotatable bonds is 1. The Bertz CT molecular complexity index is 95.6. The van der Waals surface area contributed by atoms with E-state index in [1.807, 2.05) is 0 Å². The second kappa shape index (κ2) is 6.03. The lowest BCUT2D eigenvalue weighted by atomic mass is 10.2. The molecule has 2 fully saturated rings. The van der Waals surface area contributed by atoms with Crippen LogP contribution < -0.4 is 5.32 Å². The third kappa shape index (κ3) is 2.77. The van der Waals surface area contributed by atoms with E-state index in [1.54, 1.807) is 0 Å². The van der Waals surface area contributed by atoms with Gasteiger partial charge in [0.25, 0.3) is 0 Å². The third-order valence-corrected chi connectivity index (χ3v) is 2.69. The maximum atomic E-state index is 3.41. The zero-order valence-electron chi connectivity index (χ0n) is 7.29. The Labute approximate surface area is 86.9 Å². The van der Waals surface area contributed by atoms with Crippen LogP contribution in [0, 0.1) is 0 Å². The smallest absolute Gasteiger partial charge is 0.0232 e. The van der Waals surface area contributed by atoms with Gasteiger partial charge in [0.2, 0.25) is 0 Å². The summed E-state index contributed by atoms with van der Waals surface area (Å²) in [5.41, 5.74) is 0. The van der Waals surface area contributed by atoms with Crippen molar-refractivity contribution in [1.82, 2.24) is 10.2 Å². The maximum Gasteiger partial charge on any atom is 0.0232 e. The van der Waals surface area contributed by atoms with Gasteiger partial charge in [-0.15, -0.1) is 24.8 Å². The molecule has 2 rings (SSSR count). The van der Waals surface area contributed by atoms with Crippen molar-refractivity contribution in [2.45, 2.75) is 25.3 Å². The first-order valence-electron chi connectivity index (χ1n) is 4.41. The largest absolute Gasteiger partial charge is 0.315 e. The summed E-state index contributed by atoms with van der Waals surface area (Å²) in [6.07, 6.45) is 4.23.